The van der Waals surface area contributed by atoms with Gasteiger partial charge in [-0.15, -0.1) is 0 Å². The number of aliphatic carboxylic acids is 1. The second-order valence-electron chi connectivity index (χ2n) is 15.9. The first-order chi connectivity index (χ1) is 28.4. The molecule has 0 saturated heterocycles. The summed E-state index contributed by atoms with van der Waals surface area (Å²) in [6.07, 6.45) is 15.4. The van der Waals surface area contributed by atoms with Gasteiger partial charge in [-0.1, -0.05) is 151 Å². The van der Waals surface area contributed by atoms with Gasteiger partial charge < -0.3 is 34.3 Å². The van der Waals surface area contributed by atoms with Crippen LogP contribution < -0.4 is 5.32 Å². The Labute approximate surface area is 352 Å². The van der Waals surface area contributed by atoms with Gasteiger partial charge in [0.2, 0.25) is 0 Å². The van der Waals surface area contributed by atoms with Crippen molar-refractivity contribution in [2.45, 2.75) is 161 Å². The number of benzene rings is 2. The van der Waals surface area contributed by atoms with E-state index in [1.54, 1.807) is 69.3 Å². The van der Waals surface area contributed by atoms with Crippen LogP contribution in [0.15, 0.2) is 60.7 Å². The molecule has 0 spiro atoms. The maximum Gasteiger partial charge on any atom is 0.533 e. The maximum absolute atomic E-state index is 14.6. The van der Waals surface area contributed by atoms with Crippen molar-refractivity contribution in [3.05, 3.63) is 71.8 Å². The SMILES string of the molecule is CCCCCCCCCCCCCCCCOC[C@H](COP(=O)(OC(=O)[C@@H](CO)NC(=O)OC(C)(C)C)OC(c1ccccc1)c1ccccc1)OCCCCC(=O)O. The van der Waals surface area contributed by atoms with E-state index in [9.17, 15) is 24.1 Å². The van der Waals surface area contributed by atoms with E-state index in [0.717, 1.165) is 19.3 Å². The molecule has 59 heavy (non-hydrogen) atoms. The van der Waals surface area contributed by atoms with Crippen LogP contribution in [0.5, 0.6) is 0 Å². The molecule has 0 heterocycles. The number of aliphatic hydroxyl groups excluding tert-OH is 1. The number of phosphoric ester groups is 1. The zero-order chi connectivity index (χ0) is 43.2. The molecule has 13 nitrogen and oxygen atoms in total. The third-order valence-electron chi connectivity index (χ3n) is 9.30. The minimum atomic E-state index is -4.87. The monoisotopic (exact) mass is 849 g/mol. The molecule has 0 bridgehead atoms. The number of carbonyl (C=O) groups is 3. The summed E-state index contributed by atoms with van der Waals surface area (Å²) < 4.78 is 49.2. The highest BCUT2D eigenvalue weighted by Gasteiger charge is 2.40. The van der Waals surface area contributed by atoms with Gasteiger partial charge >= 0.3 is 25.9 Å². The van der Waals surface area contributed by atoms with Crippen molar-refractivity contribution < 1.29 is 56.9 Å². The highest BCUT2D eigenvalue weighted by Crippen LogP contribution is 2.55. The largest absolute Gasteiger partial charge is 0.533 e. The third-order valence-corrected chi connectivity index (χ3v) is 10.6. The predicted molar refractivity (Wildman–Crippen MR) is 228 cm³/mol. The fraction of sp³-hybridized carbons (Fsp3) is 0.667. The molecule has 0 aliphatic carbocycles. The first-order valence-electron chi connectivity index (χ1n) is 21.6. The van der Waals surface area contributed by atoms with Crippen LogP contribution in [0.25, 0.3) is 0 Å². The summed E-state index contributed by atoms with van der Waals surface area (Å²) in [4.78, 5) is 37.0. The molecule has 0 radical (unpaired) electrons. The van der Waals surface area contributed by atoms with Gasteiger partial charge in [-0.3, -0.25) is 13.8 Å². The Morgan fingerprint density at radius 2 is 1.22 bits per heavy atom. The number of aliphatic hydroxyl groups is 1. The molecule has 0 saturated carbocycles. The molecule has 2 aromatic carbocycles. The predicted octanol–water partition coefficient (Wildman–Crippen LogP) is 10.5. The number of nitrogens with one attached hydrogen (secondary N) is 1. The Balaban J connectivity index is 2.09. The molecule has 0 aliphatic heterocycles. The number of carboxylic acid groups (broad SMARTS) is 1. The quantitative estimate of drug-likeness (QED) is 0.0449. The molecular formula is C45H72NO12P. The van der Waals surface area contributed by atoms with E-state index in [4.69, 9.17) is 32.9 Å². The van der Waals surface area contributed by atoms with E-state index in [2.05, 4.69) is 12.2 Å². The Morgan fingerprint density at radius 3 is 1.71 bits per heavy atom. The Bertz CT molecular complexity index is 1420. The number of amides is 1. The van der Waals surface area contributed by atoms with Gasteiger partial charge in [0.15, 0.2) is 6.04 Å². The fourth-order valence-corrected chi connectivity index (χ4v) is 7.50. The number of hydrogen-bond acceptors (Lipinski definition) is 11. The highest BCUT2D eigenvalue weighted by molar-refractivity contribution is 7.49. The van der Waals surface area contributed by atoms with E-state index < -0.39 is 56.3 Å². The molecule has 0 fully saturated rings. The smallest absolute Gasteiger partial charge is 0.481 e. The first-order valence-corrected chi connectivity index (χ1v) is 23.1. The van der Waals surface area contributed by atoms with Gasteiger partial charge in [-0.2, -0.15) is 0 Å². The molecule has 3 atom stereocenters. The minimum Gasteiger partial charge on any atom is -0.481 e. The topological polar surface area (TPSA) is 176 Å². The third kappa shape index (κ3) is 25.1. The van der Waals surface area contributed by atoms with Crippen molar-refractivity contribution in [2.24, 2.45) is 0 Å². The van der Waals surface area contributed by atoms with Crippen molar-refractivity contribution in [3.63, 3.8) is 0 Å². The van der Waals surface area contributed by atoms with E-state index in [0.29, 0.717) is 30.6 Å². The van der Waals surface area contributed by atoms with E-state index in [1.807, 2.05) is 12.1 Å². The molecular weight excluding hydrogens is 777 g/mol. The minimum absolute atomic E-state index is 0.0111. The van der Waals surface area contributed by atoms with Gasteiger partial charge in [-0.05, 0) is 51.2 Å². The van der Waals surface area contributed by atoms with Crippen LogP contribution >= 0.6 is 7.82 Å². The molecule has 0 aromatic heterocycles. The van der Waals surface area contributed by atoms with Gasteiger partial charge in [0, 0.05) is 19.6 Å². The second-order valence-corrected chi connectivity index (χ2v) is 17.4. The zero-order valence-corrected chi connectivity index (χ0v) is 36.9. The van der Waals surface area contributed by atoms with Crippen LogP contribution in [0.3, 0.4) is 0 Å². The second kappa shape index (κ2) is 30.7. The van der Waals surface area contributed by atoms with Gasteiger partial charge in [0.25, 0.3) is 0 Å². The summed E-state index contributed by atoms with van der Waals surface area (Å²) in [5.41, 5.74) is 0.282. The Kier molecular flexibility index (Phi) is 26.9. The number of rotatable bonds is 34. The Morgan fingerprint density at radius 1 is 0.712 bits per heavy atom. The summed E-state index contributed by atoms with van der Waals surface area (Å²) in [7, 11) is -4.87. The number of unbranched alkanes of at least 4 members (excludes halogenated alkanes) is 14. The molecule has 2 aromatic rings. The molecule has 334 valence electrons. The van der Waals surface area contributed by atoms with Crippen LogP contribution in [0.1, 0.15) is 154 Å². The number of alkyl carbamates (subject to hydrolysis) is 1. The van der Waals surface area contributed by atoms with Crippen molar-refractivity contribution in [1.29, 1.82) is 0 Å². The molecule has 3 N–H and O–H groups in total. The number of hydrogen-bond donors (Lipinski definition) is 3. The van der Waals surface area contributed by atoms with Crippen LogP contribution in [0.4, 0.5) is 4.79 Å². The summed E-state index contributed by atoms with van der Waals surface area (Å²) in [6, 6.07) is 16.1. The Hall–Kier alpha value is -3.32. The molecule has 0 aliphatic rings. The molecule has 2 rings (SSSR count). The number of carboxylic acids is 1. The lowest BCUT2D eigenvalue weighted by Crippen LogP contribution is -2.46. The van der Waals surface area contributed by atoms with E-state index in [-0.39, 0.29) is 26.2 Å². The van der Waals surface area contributed by atoms with E-state index in [1.165, 1.54) is 70.6 Å². The normalized spacial score (nSPS) is 13.7. The van der Waals surface area contributed by atoms with Crippen LogP contribution in [-0.4, -0.2) is 79.0 Å². The first kappa shape index (κ1) is 51.8. The van der Waals surface area contributed by atoms with Crippen LogP contribution in [0.2, 0.25) is 0 Å². The summed E-state index contributed by atoms with van der Waals surface area (Å²) >= 11 is 0. The van der Waals surface area contributed by atoms with E-state index >= 15 is 0 Å². The van der Waals surface area contributed by atoms with Crippen LogP contribution in [-0.2, 0) is 41.9 Å². The van der Waals surface area contributed by atoms with Gasteiger partial charge in [-0.25, -0.2) is 14.2 Å². The zero-order valence-electron chi connectivity index (χ0n) is 36.0. The number of phosphoric acid groups is 1. The van der Waals surface area contributed by atoms with Crippen molar-refractivity contribution in [1.82, 2.24) is 5.32 Å². The fourth-order valence-electron chi connectivity index (χ4n) is 6.14. The van der Waals surface area contributed by atoms with Crippen molar-refractivity contribution >= 4 is 25.9 Å². The average Bonchev–Trinajstić information content (AvgIpc) is 3.20. The lowest BCUT2D eigenvalue weighted by molar-refractivity contribution is -0.141. The summed E-state index contributed by atoms with van der Waals surface area (Å²) in [6.45, 7) is 6.58. The summed E-state index contributed by atoms with van der Waals surface area (Å²) in [5, 5.41) is 21.3. The van der Waals surface area contributed by atoms with Crippen molar-refractivity contribution in [2.75, 3.05) is 33.0 Å². The highest BCUT2D eigenvalue weighted by atomic mass is 31.2. The average molecular weight is 850 g/mol. The molecule has 14 heteroatoms. The van der Waals surface area contributed by atoms with Crippen LogP contribution in [0, 0.1) is 0 Å². The lowest BCUT2D eigenvalue weighted by Gasteiger charge is -2.27. The number of carbonyl (C=O) groups excluding carboxylic acids is 2. The standard InChI is InChI=1S/C45H72NO12P/c1-5-6-7-8-9-10-11-12-13-14-15-16-17-25-32-53-35-39(54-33-26-24-31-41(48)49)36-55-59(52,58-43(50)40(34-47)46-44(51)56-45(2,3)4)57-42(37-27-20-18-21-28-37)38-29-22-19-23-30-38/h18-23,27-30,39-40,42,47H,5-17,24-26,31-36H2,1-4H3,(H,46,51)(H,48,49)/t39-,40-,59?/m1/s1. The molecule has 1 amide bonds. The lowest BCUT2D eigenvalue weighted by atomic mass is 10.0. The van der Waals surface area contributed by atoms with Crippen molar-refractivity contribution in [3.8, 4) is 0 Å². The number of ether oxygens (including phenoxy) is 3. The van der Waals surface area contributed by atoms with Gasteiger partial charge in [0.05, 0.1) is 19.8 Å². The summed E-state index contributed by atoms with van der Waals surface area (Å²) in [5.74, 6) is -2.18. The molecule has 1 unspecified atom stereocenters. The van der Waals surface area contributed by atoms with Gasteiger partial charge in [0.1, 0.15) is 17.8 Å². The maximum atomic E-state index is 14.6.